The predicted octanol–water partition coefficient (Wildman–Crippen LogP) is 4.27. The Bertz CT molecular complexity index is 1130. The molecule has 1 aromatic heterocycles. The summed E-state index contributed by atoms with van der Waals surface area (Å²) in [5, 5.41) is 4.03. The maximum Gasteiger partial charge on any atom is 0.255 e. The highest BCUT2D eigenvalue weighted by Crippen LogP contribution is 2.33. The number of piperazine rings is 1. The second-order valence-corrected chi connectivity index (χ2v) is 9.36. The van der Waals surface area contributed by atoms with E-state index in [4.69, 9.17) is 14.0 Å². The van der Waals surface area contributed by atoms with E-state index in [1.807, 2.05) is 55.1 Å². The molecule has 7 nitrogen and oxygen atoms in total. The number of benzene rings is 2. The molecule has 2 aromatic carbocycles. The Hall–Kier alpha value is -2.97. The molecule has 172 valence electrons. The second kappa shape index (κ2) is 9.49. The molecule has 0 atom stereocenters. The van der Waals surface area contributed by atoms with Gasteiger partial charge in [0.25, 0.3) is 5.91 Å². The third-order valence-electron chi connectivity index (χ3n) is 6.17. The summed E-state index contributed by atoms with van der Waals surface area (Å²) in [4.78, 5) is 18.7. The van der Waals surface area contributed by atoms with Crippen LogP contribution < -0.4 is 9.47 Å². The van der Waals surface area contributed by atoms with Crippen molar-refractivity contribution in [1.82, 2.24) is 15.0 Å². The van der Waals surface area contributed by atoms with Crippen molar-refractivity contribution in [1.29, 1.82) is 0 Å². The lowest BCUT2D eigenvalue weighted by Gasteiger charge is -2.35. The second-order valence-electron chi connectivity index (χ2n) is 8.34. The van der Waals surface area contributed by atoms with Crippen LogP contribution in [0.4, 0.5) is 0 Å². The maximum atomic E-state index is 13.3. The number of amides is 1. The van der Waals surface area contributed by atoms with Gasteiger partial charge < -0.3 is 18.9 Å². The van der Waals surface area contributed by atoms with E-state index in [2.05, 4.69) is 16.1 Å². The first-order valence-corrected chi connectivity index (χ1v) is 12.1. The Balaban J connectivity index is 1.20. The molecule has 2 aliphatic heterocycles. The van der Waals surface area contributed by atoms with E-state index in [9.17, 15) is 4.79 Å². The normalized spacial score (nSPS) is 15.8. The van der Waals surface area contributed by atoms with Gasteiger partial charge in [-0.1, -0.05) is 23.4 Å². The summed E-state index contributed by atoms with van der Waals surface area (Å²) in [6, 6.07) is 14.0. The van der Waals surface area contributed by atoms with Gasteiger partial charge in [0, 0.05) is 48.9 Å². The number of nitrogens with zero attached hydrogens (tertiary/aromatic N) is 3. The zero-order valence-electron chi connectivity index (χ0n) is 18.9. The molecule has 0 radical (unpaired) electrons. The number of thioether (sulfide) groups is 1. The lowest BCUT2D eigenvalue weighted by molar-refractivity contribution is 0.0625. The number of hydrogen-bond acceptors (Lipinski definition) is 7. The molecule has 5 rings (SSSR count). The number of carbonyl (C=O) groups is 1. The molecular formula is C25H27N3O4S. The van der Waals surface area contributed by atoms with Crippen LogP contribution in [0.1, 0.15) is 32.9 Å². The van der Waals surface area contributed by atoms with Crippen molar-refractivity contribution in [3.63, 3.8) is 0 Å². The topological polar surface area (TPSA) is 68.0 Å². The van der Waals surface area contributed by atoms with Crippen molar-refractivity contribution in [2.45, 2.75) is 31.0 Å². The standard InChI is InChI=1S/C25H27N3O4S/c1-17-21(18(2)32-26-17)15-33-24-6-4-3-5-20(24)25(29)28-11-9-27(10-12-28)14-19-7-8-22-23(13-19)31-16-30-22/h3-8,13H,9-12,14-16H2,1-2H3. The van der Waals surface area contributed by atoms with Crippen LogP contribution in [0.15, 0.2) is 51.9 Å². The third kappa shape index (κ3) is 4.72. The van der Waals surface area contributed by atoms with Crippen LogP contribution >= 0.6 is 11.8 Å². The van der Waals surface area contributed by atoms with Crippen LogP contribution in [0, 0.1) is 13.8 Å². The molecular weight excluding hydrogens is 438 g/mol. The van der Waals surface area contributed by atoms with Crippen molar-refractivity contribution >= 4 is 17.7 Å². The molecule has 1 saturated heterocycles. The molecule has 3 aromatic rings. The average Bonchev–Trinajstić information content (AvgIpc) is 3.43. The molecule has 0 saturated carbocycles. The van der Waals surface area contributed by atoms with Gasteiger partial charge in [-0.25, -0.2) is 0 Å². The van der Waals surface area contributed by atoms with Gasteiger partial charge in [0.05, 0.1) is 11.3 Å². The fourth-order valence-electron chi connectivity index (χ4n) is 4.20. The summed E-state index contributed by atoms with van der Waals surface area (Å²) in [6.45, 7) is 8.12. The van der Waals surface area contributed by atoms with E-state index < -0.39 is 0 Å². The molecule has 0 spiro atoms. The maximum absolute atomic E-state index is 13.3. The molecule has 0 aliphatic carbocycles. The van der Waals surface area contributed by atoms with E-state index in [1.165, 1.54) is 5.56 Å². The van der Waals surface area contributed by atoms with E-state index in [-0.39, 0.29) is 12.7 Å². The SMILES string of the molecule is Cc1noc(C)c1CSc1ccccc1C(=O)N1CCN(Cc2ccc3c(c2)OCO3)CC1. The van der Waals surface area contributed by atoms with Gasteiger partial charge in [-0.05, 0) is 43.7 Å². The van der Waals surface area contributed by atoms with Gasteiger partial charge in [0.2, 0.25) is 6.79 Å². The van der Waals surface area contributed by atoms with E-state index in [0.29, 0.717) is 13.1 Å². The Kier molecular flexibility index (Phi) is 6.28. The number of aryl methyl sites for hydroxylation is 2. The fraction of sp³-hybridized carbons (Fsp3) is 0.360. The predicted molar refractivity (Wildman–Crippen MR) is 126 cm³/mol. The van der Waals surface area contributed by atoms with Crippen LogP contribution in [0.25, 0.3) is 0 Å². The third-order valence-corrected chi connectivity index (χ3v) is 7.27. The van der Waals surface area contributed by atoms with Crippen LogP contribution in [0.5, 0.6) is 11.5 Å². The zero-order chi connectivity index (χ0) is 22.8. The van der Waals surface area contributed by atoms with Gasteiger partial charge >= 0.3 is 0 Å². The molecule has 0 bridgehead atoms. The van der Waals surface area contributed by atoms with Gasteiger partial charge in [-0.2, -0.15) is 0 Å². The van der Waals surface area contributed by atoms with Gasteiger partial charge in [-0.3, -0.25) is 9.69 Å². The summed E-state index contributed by atoms with van der Waals surface area (Å²) < 4.78 is 16.2. The van der Waals surface area contributed by atoms with Gasteiger partial charge in [0.15, 0.2) is 11.5 Å². The molecule has 33 heavy (non-hydrogen) atoms. The van der Waals surface area contributed by atoms with Crippen molar-refractivity contribution in [2.24, 2.45) is 0 Å². The molecule has 1 fully saturated rings. The summed E-state index contributed by atoms with van der Waals surface area (Å²) in [5.41, 5.74) is 3.96. The Morgan fingerprint density at radius 3 is 2.61 bits per heavy atom. The Morgan fingerprint density at radius 2 is 1.82 bits per heavy atom. The van der Waals surface area contributed by atoms with Crippen LogP contribution in [0.3, 0.4) is 0 Å². The minimum Gasteiger partial charge on any atom is -0.454 e. The van der Waals surface area contributed by atoms with Crippen LogP contribution in [0.2, 0.25) is 0 Å². The Labute approximate surface area is 197 Å². The minimum atomic E-state index is 0.0968. The first kappa shape index (κ1) is 21.9. The minimum absolute atomic E-state index is 0.0968. The fourth-order valence-corrected chi connectivity index (χ4v) is 5.40. The zero-order valence-corrected chi connectivity index (χ0v) is 19.7. The quantitative estimate of drug-likeness (QED) is 0.504. The highest BCUT2D eigenvalue weighted by atomic mass is 32.2. The van der Waals surface area contributed by atoms with Crippen molar-refractivity contribution in [2.75, 3.05) is 33.0 Å². The van der Waals surface area contributed by atoms with Crippen molar-refractivity contribution in [3.05, 3.63) is 70.6 Å². The molecule has 0 unspecified atom stereocenters. The molecule has 8 heteroatoms. The van der Waals surface area contributed by atoms with Crippen molar-refractivity contribution in [3.8, 4) is 11.5 Å². The smallest absolute Gasteiger partial charge is 0.255 e. The molecule has 2 aliphatic rings. The highest BCUT2D eigenvalue weighted by molar-refractivity contribution is 7.98. The molecule has 3 heterocycles. The van der Waals surface area contributed by atoms with Gasteiger partial charge in [0.1, 0.15) is 5.76 Å². The first-order chi connectivity index (χ1) is 16.1. The summed E-state index contributed by atoms with van der Waals surface area (Å²) in [7, 11) is 0. The van der Waals surface area contributed by atoms with E-state index >= 15 is 0 Å². The number of carbonyl (C=O) groups excluding carboxylic acids is 1. The highest BCUT2D eigenvalue weighted by Gasteiger charge is 2.24. The molecule has 0 N–H and O–H groups in total. The average molecular weight is 466 g/mol. The summed E-state index contributed by atoms with van der Waals surface area (Å²) >= 11 is 1.66. The van der Waals surface area contributed by atoms with Crippen LogP contribution in [-0.4, -0.2) is 53.8 Å². The lowest BCUT2D eigenvalue weighted by Crippen LogP contribution is -2.48. The summed E-state index contributed by atoms with van der Waals surface area (Å²) in [6.07, 6.45) is 0. The van der Waals surface area contributed by atoms with Gasteiger partial charge in [-0.15, -0.1) is 11.8 Å². The number of aromatic nitrogens is 1. The van der Waals surface area contributed by atoms with Crippen LogP contribution in [-0.2, 0) is 12.3 Å². The number of ether oxygens (including phenoxy) is 2. The summed E-state index contributed by atoms with van der Waals surface area (Å²) in [5.74, 6) is 3.28. The van der Waals surface area contributed by atoms with E-state index in [1.54, 1.807) is 11.8 Å². The largest absolute Gasteiger partial charge is 0.454 e. The number of hydrogen-bond donors (Lipinski definition) is 0. The molecule has 1 amide bonds. The monoisotopic (exact) mass is 465 g/mol. The number of fused-ring (bicyclic) bond motifs is 1. The Morgan fingerprint density at radius 1 is 1.03 bits per heavy atom. The number of rotatable bonds is 6. The lowest BCUT2D eigenvalue weighted by atomic mass is 10.1. The van der Waals surface area contributed by atoms with E-state index in [0.717, 1.165) is 64.4 Å². The van der Waals surface area contributed by atoms with Crippen molar-refractivity contribution < 1.29 is 18.8 Å². The first-order valence-electron chi connectivity index (χ1n) is 11.1.